The maximum absolute atomic E-state index is 14.2. The Bertz CT molecular complexity index is 1110. The van der Waals surface area contributed by atoms with Crippen molar-refractivity contribution in [3.05, 3.63) is 54.7 Å². The molecule has 3 aromatic heterocycles. The Morgan fingerprint density at radius 1 is 1.07 bits per heavy atom. The molecule has 0 amide bonds. The Labute approximate surface area is 155 Å². The van der Waals surface area contributed by atoms with Crippen molar-refractivity contribution in [2.45, 2.75) is 18.7 Å². The van der Waals surface area contributed by atoms with Crippen molar-refractivity contribution in [1.82, 2.24) is 24.9 Å². The van der Waals surface area contributed by atoms with Gasteiger partial charge in [0.15, 0.2) is 11.5 Å². The minimum atomic E-state index is -1.03. The number of ether oxygens (including phenoxy) is 1. The maximum atomic E-state index is 14.2. The fraction of sp³-hybridized carbons (Fsp3) is 0.250. The van der Waals surface area contributed by atoms with Crippen molar-refractivity contribution >= 4 is 16.6 Å². The van der Waals surface area contributed by atoms with E-state index < -0.39 is 12.3 Å². The zero-order valence-corrected chi connectivity index (χ0v) is 14.5. The third kappa shape index (κ3) is 2.90. The van der Waals surface area contributed by atoms with E-state index in [1.807, 2.05) is 59.1 Å². The molecule has 0 bridgehead atoms. The lowest BCUT2D eigenvalue weighted by Gasteiger charge is -2.27. The molecule has 1 fully saturated rings. The highest BCUT2D eigenvalue weighted by atomic mass is 19.1. The summed E-state index contributed by atoms with van der Waals surface area (Å²) in [6.07, 6.45) is 1.04. The smallest absolute Gasteiger partial charge is 0.187 e. The van der Waals surface area contributed by atoms with Gasteiger partial charge in [-0.2, -0.15) is 0 Å². The van der Waals surface area contributed by atoms with Crippen LogP contribution in [-0.2, 0) is 0 Å². The van der Waals surface area contributed by atoms with Crippen molar-refractivity contribution in [2.24, 2.45) is 0 Å². The number of para-hydroxylation sites is 1. The van der Waals surface area contributed by atoms with Crippen LogP contribution >= 0.6 is 0 Å². The first kappa shape index (κ1) is 16.1. The lowest BCUT2D eigenvalue weighted by atomic mass is 10.1. The first-order chi connectivity index (χ1) is 13.3. The summed E-state index contributed by atoms with van der Waals surface area (Å²) >= 11 is 0. The minimum Gasteiger partial charge on any atom is -0.485 e. The molecule has 0 aliphatic carbocycles. The lowest BCUT2D eigenvalue weighted by Crippen LogP contribution is -2.44. The first-order valence-electron chi connectivity index (χ1n) is 9.01. The second kappa shape index (κ2) is 6.59. The monoisotopic (exact) mass is 363 g/mol. The molecule has 0 spiro atoms. The summed E-state index contributed by atoms with van der Waals surface area (Å²) in [5, 5.41) is 12.4. The third-order valence-electron chi connectivity index (χ3n) is 4.85. The van der Waals surface area contributed by atoms with Gasteiger partial charge in [-0.3, -0.25) is 4.40 Å². The van der Waals surface area contributed by atoms with Crippen LogP contribution in [0.5, 0.6) is 5.75 Å². The average molecular weight is 363 g/mol. The van der Waals surface area contributed by atoms with Crippen LogP contribution in [0.3, 0.4) is 0 Å². The SMILES string of the molecule is F[C@H]1CNCCC1Oc1cccc2ccc(-c3nnc4ccccn34)nc12. The van der Waals surface area contributed by atoms with Crippen molar-refractivity contribution in [3.63, 3.8) is 0 Å². The van der Waals surface area contributed by atoms with Gasteiger partial charge in [-0.1, -0.05) is 24.3 Å². The quantitative estimate of drug-likeness (QED) is 0.606. The number of nitrogens with zero attached hydrogens (tertiary/aromatic N) is 4. The molecule has 4 aromatic rings. The number of piperidine rings is 1. The lowest BCUT2D eigenvalue weighted by molar-refractivity contribution is 0.0742. The number of hydrogen-bond acceptors (Lipinski definition) is 5. The highest BCUT2D eigenvalue weighted by Gasteiger charge is 2.27. The van der Waals surface area contributed by atoms with Gasteiger partial charge in [0.25, 0.3) is 0 Å². The molecule has 2 atom stereocenters. The molecule has 0 saturated carbocycles. The van der Waals surface area contributed by atoms with E-state index in [9.17, 15) is 4.39 Å². The van der Waals surface area contributed by atoms with E-state index in [4.69, 9.17) is 9.72 Å². The van der Waals surface area contributed by atoms with Crippen LogP contribution in [0, 0.1) is 0 Å². The number of pyridine rings is 2. The molecule has 1 aliphatic heterocycles. The van der Waals surface area contributed by atoms with Crippen LogP contribution < -0.4 is 10.1 Å². The Morgan fingerprint density at radius 3 is 2.96 bits per heavy atom. The molecule has 1 N–H and O–H groups in total. The highest BCUT2D eigenvalue weighted by molar-refractivity contribution is 5.86. The zero-order valence-electron chi connectivity index (χ0n) is 14.5. The van der Waals surface area contributed by atoms with Gasteiger partial charge in [0, 0.05) is 18.1 Å². The summed E-state index contributed by atoms with van der Waals surface area (Å²) < 4.78 is 22.1. The number of fused-ring (bicyclic) bond motifs is 2. The molecule has 1 aromatic carbocycles. The first-order valence-corrected chi connectivity index (χ1v) is 9.01. The molecule has 1 aliphatic rings. The summed E-state index contributed by atoms with van der Waals surface area (Å²) in [5.74, 6) is 1.25. The van der Waals surface area contributed by atoms with Crippen molar-refractivity contribution in [2.75, 3.05) is 13.1 Å². The van der Waals surface area contributed by atoms with E-state index in [2.05, 4.69) is 15.5 Å². The summed E-state index contributed by atoms with van der Waals surface area (Å²) in [4.78, 5) is 4.77. The van der Waals surface area contributed by atoms with E-state index in [0.717, 1.165) is 17.6 Å². The Balaban J connectivity index is 1.58. The van der Waals surface area contributed by atoms with Gasteiger partial charge in [-0.15, -0.1) is 10.2 Å². The molecular weight excluding hydrogens is 345 g/mol. The molecule has 0 radical (unpaired) electrons. The van der Waals surface area contributed by atoms with Crippen LogP contribution in [0.1, 0.15) is 6.42 Å². The van der Waals surface area contributed by atoms with E-state index in [1.165, 1.54) is 0 Å². The number of rotatable bonds is 3. The molecule has 27 heavy (non-hydrogen) atoms. The van der Waals surface area contributed by atoms with Gasteiger partial charge < -0.3 is 10.1 Å². The third-order valence-corrected chi connectivity index (χ3v) is 4.85. The molecule has 7 heteroatoms. The second-order valence-electron chi connectivity index (χ2n) is 6.64. The summed E-state index contributed by atoms with van der Waals surface area (Å²) in [5.41, 5.74) is 2.15. The maximum Gasteiger partial charge on any atom is 0.187 e. The predicted molar refractivity (Wildman–Crippen MR) is 101 cm³/mol. The van der Waals surface area contributed by atoms with Crippen LogP contribution in [0.2, 0.25) is 0 Å². The topological polar surface area (TPSA) is 64.3 Å². The number of alkyl halides is 1. The van der Waals surface area contributed by atoms with Crippen molar-refractivity contribution in [1.29, 1.82) is 0 Å². The van der Waals surface area contributed by atoms with Crippen molar-refractivity contribution in [3.8, 4) is 17.3 Å². The Kier molecular flexibility index (Phi) is 3.94. The van der Waals surface area contributed by atoms with Crippen LogP contribution in [0.15, 0.2) is 54.7 Å². The normalized spacial score (nSPS) is 20.2. The number of aromatic nitrogens is 4. The molecule has 1 saturated heterocycles. The van der Waals surface area contributed by atoms with Gasteiger partial charge in [0.2, 0.25) is 0 Å². The molecule has 6 nitrogen and oxygen atoms in total. The van der Waals surface area contributed by atoms with E-state index in [0.29, 0.717) is 35.8 Å². The Morgan fingerprint density at radius 2 is 2.04 bits per heavy atom. The molecule has 5 rings (SSSR count). The number of benzene rings is 1. The fourth-order valence-corrected chi connectivity index (χ4v) is 3.45. The number of halogens is 1. The fourth-order valence-electron chi connectivity index (χ4n) is 3.45. The molecule has 1 unspecified atom stereocenters. The zero-order chi connectivity index (χ0) is 18.2. The van der Waals surface area contributed by atoms with Gasteiger partial charge >= 0.3 is 0 Å². The van der Waals surface area contributed by atoms with Gasteiger partial charge in [-0.25, -0.2) is 9.37 Å². The summed E-state index contributed by atoms with van der Waals surface area (Å²) in [7, 11) is 0. The molecule has 4 heterocycles. The summed E-state index contributed by atoms with van der Waals surface area (Å²) in [6.45, 7) is 1.07. The number of nitrogens with one attached hydrogen (secondary N) is 1. The minimum absolute atomic E-state index is 0.319. The largest absolute Gasteiger partial charge is 0.485 e. The molecular formula is C20H18FN5O. The van der Waals surface area contributed by atoms with Crippen molar-refractivity contribution < 1.29 is 9.13 Å². The van der Waals surface area contributed by atoms with E-state index >= 15 is 0 Å². The van der Waals surface area contributed by atoms with Gasteiger partial charge in [0.05, 0.1) is 0 Å². The predicted octanol–water partition coefficient (Wildman–Crippen LogP) is 3.02. The molecule has 136 valence electrons. The summed E-state index contributed by atoms with van der Waals surface area (Å²) in [6, 6.07) is 15.3. The van der Waals surface area contributed by atoms with E-state index in [-0.39, 0.29) is 0 Å². The Hall–Kier alpha value is -3.06. The van der Waals surface area contributed by atoms with Crippen LogP contribution in [-0.4, -0.2) is 44.9 Å². The van der Waals surface area contributed by atoms with Gasteiger partial charge in [-0.05, 0) is 37.2 Å². The second-order valence-corrected chi connectivity index (χ2v) is 6.64. The number of hydrogen-bond donors (Lipinski definition) is 1. The van der Waals surface area contributed by atoms with Gasteiger partial charge in [0.1, 0.15) is 29.2 Å². The van der Waals surface area contributed by atoms with E-state index in [1.54, 1.807) is 0 Å². The van der Waals surface area contributed by atoms with Crippen LogP contribution in [0.25, 0.3) is 28.1 Å². The highest BCUT2D eigenvalue weighted by Crippen LogP contribution is 2.29. The standard InChI is InChI=1S/C20H18FN5O/c21-14-12-22-10-9-16(14)27-17-5-3-4-13-7-8-15(23-19(13)17)20-25-24-18-6-1-2-11-26(18)20/h1-8,11,14,16,22H,9-10,12H2/t14-,16?/m0/s1. The average Bonchev–Trinajstić information content (AvgIpc) is 3.14. The van der Waals surface area contributed by atoms with Crippen LogP contribution in [0.4, 0.5) is 4.39 Å².